The van der Waals surface area contributed by atoms with Crippen LogP contribution in [-0.4, -0.2) is 26.6 Å². The molecule has 0 spiro atoms. The molecule has 0 saturated heterocycles. The van der Waals surface area contributed by atoms with Gasteiger partial charge in [0.1, 0.15) is 12.4 Å². The lowest BCUT2D eigenvalue weighted by molar-refractivity contribution is 0.333. The average Bonchev–Trinajstić information content (AvgIpc) is 2.87. The normalized spacial score (nSPS) is 11.0. The van der Waals surface area contributed by atoms with Gasteiger partial charge in [0.05, 0.1) is 17.1 Å². The number of aromatic nitrogens is 1. The van der Waals surface area contributed by atoms with Crippen molar-refractivity contribution in [2.45, 2.75) is 11.4 Å². The fraction of sp³-hybridized carbons (Fsp3) is 0.115. The van der Waals surface area contributed by atoms with Crippen molar-refractivity contribution < 1.29 is 13.2 Å². The molecule has 0 aliphatic carbocycles. The average molecular weight is 460 g/mol. The molecule has 4 rings (SSSR count). The van der Waals surface area contributed by atoms with E-state index in [9.17, 15) is 8.42 Å². The molecule has 0 aliphatic rings. The third kappa shape index (κ3) is 5.90. The second-order valence-corrected chi connectivity index (χ2v) is 9.18. The molecule has 0 atom stereocenters. The van der Waals surface area contributed by atoms with Crippen molar-refractivity contribution in [1.82, 2.24) is 4.98 Å². The van der Waals surface area contributed by atoms with Gasteiger partial charge in [-0.15, -0.1) is 0 Å². The van der Waals surface area contributed by atoms with Gasteiger partial charge in [-0.3, -0.25) is 9.29 Å². The molecule has 0 aliphatic heterocycles. The molecule has 0 bridgehead atoms. The van der Waals surface area contributed by atoms with Crippen molar-refractivity contribution in [2.24, 2.45) is 0 Å². The summed E-state index contributed by atoms with van der Waals surface area (Å²) in [5, 5.41) is 3.26. The SMILES string of the molecule is O=S(=O)(c1ccccc1)N(Cc1ccccc1)c1cccc(OCCNc2ccncc2)c1. The van der Waals surface area contributed by atoms with E-state index >= 15 is 0 Å². The van der Waals surface area contributed by atoms with Crippen LogP contribution in [0.25, 0.3) is 0 Å². The van der Waals surface area contributed by atoms with E-state index in [1.807, 2.05) is 48.5 Å². The summed E-state index contributed by atoms with van der Waals surface area (Å²) in [5.74, 6) is 0.602. The number of sulfonamides is 1. The number of anilines is 2. The third-order valence-electron chi connectivity index (χ3n) is 4.99. The maximum atomic E-state index is 13.5. The lowest BCUT2D eigenvalue weighted by Gasteiger charge is -2.25. The Morgan fingerprint density at radius 1 is 0.818 bits per heavy atom. The molecule has 7 heteroatoms. The van der Waals surface area contributed by atoms with Gasteiger partial charge in [0.2, 0.25) is 0 Å². The minimum atomic E-state index is -3.77. The highest BCUT2D eigenvalue weighted by Gasteiger charge is 2.25. The van der Waals surface area contributed by atoms with Crippen LogP contribution in [0.5, 0.6) is 5.75 Å². The van der Waals surface area contributed by atoms with Crippen molar-refractivity contribution in [1.29, 1.82) is 0 Å². The first kappa shape index (κ1) is 22.4. The van der Waals surface area contributed by atoms with E-state index in [0.717, 1.165) is 11.3 Å². The van der Waals surface area contributed by atoms with Gasteiger partial charge >= 0.3 is 0 Å². The topological polar surface area (TPSA) is 71.5 Å². The Bertz CT molecular complexity index is 1250. The Morgan fingerprint density at radius 2 is 1.52 bits per heavy atom. The maximum absolute atomic E-state index is 13.5. The second kappa shape index (κ2) is 10.7. The van der Waals surface area contributed by atoms with Crippen LogP contribution in [0.3, 0.4) is 0 Å². The van der Waals surface area contributed by atoms with Crippen molar-refractivity contribution in [3.63, 3.8) is 0 Å². The molecule has 1 N–H and O–H groups in total. The summed E-state index contributed by atoms with van der Waals surface area (Å²) in [6, 6.07) is 29.0. The first-order chi connectivity index (χ1) is 16.1. The molecule has 4 aromatic rings. The molecule has 0 radical (unpaired) electrons. The summed E-state index contributed by atoms with van der Waals surface area (Å²) >= 11 is 0. The highest BCUT2D eigenvalue weighted by Crippen LogP contribution is 2.29. The maximum Gasteiger partial charge on any atom is 0.264 e. The quantitative estimate of drug-likeness (QED) is 0.339. The molecule has 6 nitrogen and oxygen atoms in total. The number of rotatable bonds is 10. The molecule has 1 aromatic heterocycles. The summed E-state index contributed by atoms with van der Waals surface area (Å²) < 4.78 is 34.4. The van der Waals surface area contributed by atoms with Gasteiger partial charge in [-0.2, -0.15) is 0 Å². The first-order valence-electron chi connectivity index (χ1n) is 10.6. The predicted octanol–water partition coefficient (Wildman–Crippen LogP) is 4.97. The van der Waals surface area contributed by atoms with Gasteiger partial charge in [0.15, 0.2) is 0 Å². The largest absolute Gasteiger partial charge is 0.492 e. The van der Waals surface area contributed by atoms with Crippen LogP contribution in [0.2, 0.25) is 0 Å². The smallest absolute Gasteiger partial charge is 0.264 e. The number of benzene rings is 3. The van der Waals surface area contributed by atoms with E-state index in [2.05, 4.69) is 10.3 Å². The number of hydrogen-bond donors (Lipinski definition) is 1. The molecule has 0 saturated carbocycles. The van der Waals surface area contributed by atoms with Crippen molar-refractivity contribution in [3.05, 3.63) is 115 Å². The fourth-order valence-electron chi connectivity index (χ4n) is 3.35. The standard InChI is InChI=1S/C26H25N3O3S/c30-33(31,26-12-5-2-6-13-26)29(21-22-8-3-1-4-9-22)24-10-7-11-25(20-24)32-19-18-28-23-14-16-27-17-15-23/h1-17,20H,18-19,21H2,(H,27,28). The number of nitrogens with zero attached hydrogens (tertiary/aromatic N) is 2. The number of nitrogens with one attached hydrogen (secondary N) is 1. The Balaban J connectivity index is 1.54. The van der Waals surface area contributed by atoms with Gasteiger partial charge < -0.3 is 10.1 Å². The van der Waals surface area contributed by atoms with Crippen LogP contribution in [0.4, 0.5) is 11.4 Å². The monoisotopic (exact) mass is 459 g/mol. The fourth-order valence-corrected chi connectivity index (χ4v) is 4.81. The van der Waals surface area contributed by atoms with Gasteiger partial charge in [0, 0.05) is 30.7 Å². The summed E-state index contributed by atoms with van der Waals surface area (Å²) in [4.78, 5) is 4.24. The molecular weight excluding hydrogens is 434 g/mol. The molecule has 0 amide bonds. The minimum absolute atomic E-state index is 0.213. The highest BCUT2D eigenvalue weighted by atomic mass is 32.2. The van der Waals surface area contributed by atoms with Gasteiger partial charge in [-0.1, -0.05) is 54.6 Å². The van der Waals surface area contributed by atoms with E-state index < -0.39 is 10.0 Å². The van der Waals surface area contributed by atoms with Gasteiger partial charge in [-0.25, -0.2) is 8.42 Å². The van der Waals surface area contributed by atoms with E-state index in [0.29, 0.717) is 24.6 Å². The zero-order valence-electron chi connectivity index (χ0n) is 18.0. The summed E-state index contributed by atoms with van der Waals surface area (Å²) in [6.07, 6.45) is 3.45. The Morgan fingerprint density at radius 3 is 2.24 bits per heavy atom. The van der Waals surface area contributed by atoms with Gasteiger partial charge in [-0.05, 0) is 42.0 Å². The van der Waals surface area contributed by atoms with Crippen molar-refractivity contribution in [3.8, 4) is 5.75 Å². The number of hydrogen-bond acceptors (Lipinski definition) is 5. The predicted molar refractivity (Wildman–Crippen MR) is 131 cm³/mol. The van der Waals surface area contributed by atoms with Gasteiger partial charge in [0.25, 0.3) is 10.0 Å². The van der Waals surface area contributed by atoms with E-state index in [1.54, 1.807) is 60.9 Å². The van der Waals surface area contributed by atoms with E-state index in [1.165, 1.54) is 4.31 Å². The Labute approximate surface area is 194 Å². The van der Waals surface area contributed by atoms with E-state index in [-0.39, 0.29) is 11.4 Å². The van der Waals surface area contributed by atoms with E-state index in [4.69, 9.17) is 4.74 Å². The summed E-state index contributed by atoms with van der Waals surface area (Å²) in [7, 11) is -3.77. The molecule has 1 heterocycles. The zero-order valence-corrected chi connectivity index (χ0v) is 18.9. The summed E-state index contributed by atoms with van der Waals surface area (Å²) in [5.41, 5.74) is 2.40. The second-order valence-electron chi connectivity index (χ2n) is 7.32. The molecule has 33 heavy (non-hydrogen) atoms. The van der Waals surface area contributed by atoms with Crippen molar-refractivity contribution in [2.75, 3.05) is 22.8 Å². The molecule has 0 unspecified atom stereocenters. The zero-order chi connectivity index (χ0) is 22.9. The van der Waals surface area contributed by atoms with Crippen molar-refractivity contribution >= 4 is 21.4 Å². The van der Waals surface area contributed by atoms with Crippen LogP contribution in [0.15, 0.2) is 114 Å². The molecule has 3 aromatic carbocycles. The molecular formula is C26H25N3O3S. The third-order valence-corrected chi connectivity index (χ3v) is 6.77. The minimum Gasteiger partial charge on any atom is -0.492 e. The number of pyridine rings is 1. The lowest BCUT2D eigenvalue weighted by atomic mass is 10.2. The van der Waals surface area contributed by atoms with Crippen LogP contribution in [-0.2, 0) is 16.6 Å². The first-order valence-corrected chi connectivity index (χ1v) is 12.1. The molecule has 0 fully saturated rings. The Hall–Kier alpha value is -3.84. The highest BCUT2D eigenvalue weighted by molar-refractivity contribution is 7.92. The lowest BCUT2D eigenvalue weighted by Crippen LogP contribution is -2.30. The van der Waals surface area contributed by atoms with Crippen LogP contribution in [0, 0.1) is 0 Å². The van der Waals surface area contributed by atoms with Crippen LogP contribution >= 0.6 is 0 Å². The van der Waals surface area contributed by atoms with Crippen LogP contribution < -0.4 is 14.4 Å². The Kier molecular flexibility index (Phi) is 7.22. The summed E-state index contributed by atoms with van der Waals surface area (Å²) in [6.45, 7) is 1.24. The number of ether oxygens (including phenoxy) is 1. The van der Waals surface area contributed by atoms with Crippen LogP contribution in [0.1, 0.15) is 5.56 Å². The molecule has 168 valence electrons.